The van der Waals surface area contributed by atoms with Crippen LogP contribution in [-0.2, 0) is 11.3 Å². The van der Waals surface area contributed by atoms with Gasteiger partial charge in [0.2, 0.25) is 0 Å². The molecule has 0 aromatic heterocycles. The number of nitrogens with one attached hydrogen (secondary N) is 1. The molecule has 2 aliphatic rings. The van der Waals surface area contributed by atoms with Gasteiger partial charge in [-0.05, 0) is 17.7 Å². The molecule has 2 atom stereocenters. The highest BCUT2D eigenvalue weighted by Crippen LogP contribution is 2.37. The maximum atomic E-state index is 13.0. The van der Waals surface area contributed by atoms with Crippen LogP contribution in [0.2, 0.25) is 0 Å². The van der Waals surface area contributed by atoms with Gasteiger partial charge in [0.15, 0.2) is 11.5 Å². The highest BCUT2D eigenvalue weighted by molar-refractivity contribution is 5.77. The summed E-state index contributed by atoms with van der Waals surface area (Å²) in [7, 11) is 0. The van der Waals surface area contributed by atoms with Crippen molar-refractivity contribution in [1.29, 1.82) is 0 Å². The minimum Gasteiger partial charge on any atom is -0.486 e. The van der Waals surface area contributed by atoms with Crippen LogP contribution in [0, 0.1) is 11.8 Å². The van der Waals surface area contributed by atoms with E-state index in [-0.39, 0.29) is 6.54 Å². The Morgan fingerprint density at radius 3 is 2.50 bits per heavy atom. The van der Waals surface area contributed by atoms with Gasteiger partial charge >= 0.3 is 18.2 Å². The second kappa shape index (κ2) is 6.93. The van der Waals surface area contributed by atoms with Gasteiger partial charge in [-0.15, -0.1) is 0 Å². The van der Waals surface area contributed by atoms with Crippen molar-refractivity contribution < 1.29 is 37.3 Å². The number of fused-ring (bicyclic) bond motifs is 1. The number of carbonyl (C=O) groups is 2. The van der Waals surface area contributed by atoms with E-state index >= 15 is 0 Å². The molecule has 7 nitrogen and oxygen atoms in total. The van der Waals surface area contributed by atoms with Gasteiger partial charge in [0.05, 0.1) is 11.8 Å². The fourth-order valence-electron chi connectivity index (χ4n) is 3.04. The van der Waals surface area contributed by atoms with Crippen LogP contribution in [-0.4, -0.2) is 54.5 Å². The Bertz CT molecular complexity index is 710. The molecule has 1 aromatic carbocycles. The van der Waals surface area contributed by atoms with Gasteiger partial charge in [0, 0.05) is 19.6 Å². The molecule has 0 radical (unpaired) electrons. The van der Waals surface area contributed by atoms with Gasteiger partial charge in [0.25, 0.3) is 0 Å². The predicted octanol–water partition coefficient (Wildman–Crippen LogP) is 1.86. The van der Waals surface area contributed by atoms with E-state index in [0.717, 1.165) is 4.90 Å². The van der Waals surface area contributed by atoms with Gasteiger partial charge in [-0.3, -0.25) is 4.79 Å². The van der Waals surface area contributed by atoms with Gasteiger partial charge in [-0.25, -0.2) is 4.79 Å². The van der Waals surface area contributed by atoms with E-state index in [0.29, 0.717) is 30.3 Å². The SMILES string of the molecule is O=C(O)[C@@H]1CN(C(=O)NCc2ccc3c(c2)OCCO3)C[C@H]1C(F)(F)F. The summed E-state index contributed by atoms with van der Waals surface area (Å²) in [6.07, 6.45) is -4.67. The number of halogens is 3. The molecule has 0 spiro atoms. The number of benzene rings is 1. The van der Waals surface area contributed by atoms with E-state index in [1.807, 2.05) is 0 Å². The quantitative estimate of drug-likeness (QED) is 0.843. The van der Waals surface area contributed by atoms with Crippen molar-refractivity contribution in [3.05, 3.63) is 23.8 Å². The largest absolute Gasteiger partial charge is 0.486 e. The summed E-state index contributed by atoms with van der Waals surface area (Å²) in [5.41, 5.74) is 0.684. The number of hydrogen-bond donors (Lipinski definition) is 2. The fraction of sp³-hybridized carbons (Fsp3) is 0.500. The Kier molecular flexibility index (Phi) is 4.84. The number of carboxylic acid groups (broad SMARTS) is 1. The number of aliphatic carboxylic acids is 1. The lowest BCUT2D eigenvalue weighted by Crippen LogP contribution is -2.39. The summed E-state index contributed by atoms with van der Waals surface area (Å²) in [5, 5.41) is 11.5. The summed E-state index contributed by atoms with van der Waals surface area (Å²) in [6.45, 7) is -0.227. The maximum Gasteiger partial charge on any atom is 0.394 e. The molecular weight excluding hydrogens is 357 g/mol. The van der Waals surface area contributed by atoms with Crippen LogP contribution in [0.5, 0.6) is 11.5 Å². The summed E-state index contributed by atoms with van der Waals surface area (Å²) in [6, 6.07) is 4.33. The van der Waals surface area contributed by atoms with Crippen LogP contribution >= 0.6 is 0 Å². The Morgan fingerprint density at radius 1 is 1.19 bits per heavy atom. The summed E-state index contributed by atoms with van der Waals surface area (Å²) in [4.78, 5) is 24.1. The number of urea groups is 1. The van der Waals surface area contributed by atoms with Crippen molar-refractivity contribution in [3.8, 4) is 11.5 Å². The summed E-state index contributed by atoms with van der Waals surface area (Å²) >= 11 is 0. The first kappa shape index (κ1) is 18.2. The molecule has 2 heterocycles. The second-order valence-corrected chi connectivity index (χ2v) is 6.13. The standard InChI is InChI=1S/C16H17F3N2O5/c17-16(18,19)11-8-21(7-10(11)14(22)23)15(24)20-6-9-1-2-12-13(5-9)26-4-3-25-12/h1-2,5,10-11H,3-4,6-8H2,(H,20,24)(H,22,23)/t10-,11-/m1/s1. The van der Waals surface area contributed by atoms with Gasteiger partial charge in [0.1, 0.15) is 13.2 Å². The minimum atomic E-state index is -4.67. The van der Waals surface area contributed by atoms with E-state index in [1.165, 1.54) is 0 Å². The summed E-state index contributed by atoms with van der Waals surface area (Å²) in [5.74, 6) is -4.17. The molecule has 0 bridgehead atoms. The van der Waals surface area contributed by atoms with E-state index in [1.54, 1.807) is 18.2 Å². The lowest BCUT2D eigenvalue weighted by molar-refractivity contribution is -0.187. The van der Waals surface area contributed by atoms with Crippen molar-refractivity contribution in [2.45, 2.75) is 12.7 Å². The van der Waals surface area contributed by atoms with Gasteiger partial charge in [-0.1, -0.05) is 6.07 Å². The Morgan fingerprint density at radius 2 is 1.88 bits per heavy atom. The molecule has 142 valence electrons. The zero-order valence-corrected chi connectivity index (χ0v) is 13.6. The molecule has 2 N–H and O–H groups in total. The molecule has 0 saturated carbocycles. The molecule has 2 amide bonds. The highest BCUT2D eigenvalue weighted by Gasteiger charge is 2.53. The first-order valence-corrected chi connectivity index (χ1v) is 7.96. The van der Waals surface area contributed by atoms with Crippen LogP contribution in [0.3, 0.4) is 0 Å². The van der Waals surface area contributed by atoms with E-state index < -0.39 is 43.1 Å². The van der Waals surface area contributed by atoms with Crippen LogP contribution in [0.1, 0.15) is 5.56 Å². The van der Waals surface area contributed by atoms with Gasteiger partial charge < -0.3 is 24.8 Å². The zero-order chi connectivity index (χ0) is 18.9. The van der Waals surface area contributed by atoms with E-state index in [4.69, 9.17) is 14.6 Å². The predicted molar refractivity (Wildman–Crippen MR) is 81.9 cm³/mol. The molecule has 1 aromatic rings. The molecule has 0 aliphatic carbocycles. The fourth-order valence-corrected chi connectivity index (χ4v) is 3.04. The van der Waals surface area contributed by atoms with Crippen LogP contribution in [0.25, 0.3) is 0 Å². The molecular formula is C16H17F3N2O5. The number of amides is 2. The normalized spacial score (nSPS) is 22.2. The molecule has 10 heteroatoms. The Labute approximate surface area is 146 Å². The number of carboxylic acids is 1. The average molecular weight is 374 g/mol. The second-order valence-electron chi connectivity index (χ2n) is 6.13. The maximum absolute atomic E-state index is 13.0. The molecule has 26 heavy (non-hydrogen) atoms. The monoisotopic (exact) mass is 374 g/mol. The molecule has 3 rings (SSSR count). The van der Waals surface area contributed by atoms with E-state index in [9.17, 15) is 22.8 Å². The lowest BCUT2D eigenvalue weighted by atomic mass is 9.96. The third-order valence-corrected chi connectivity index (χ3v) is 4.40. The number of nitrogens with zero attached hydrogens (tertiary/aromatic N) is 1. The minimum absolute atomic E-state index is 0.0698. The van der Waals surface area contributed by atoms with Crippen LogP contribution in [0.15, 0.2) is 18.2 Å². The van der Waals surface area contributed by atoms with Crippen molar-refractivity contribution >= 4 is 12.0 Å². The number of alkyl halides is 3. The Hall–Kier alpha value is -2.65. The third-order valence-electron chi connectivity index (χ3n) is 4.40. The molecule has 1 fully saturated rings. The highest BCUT2D eigenvalue weighted by atomic mass is 19.4. The van der Waals surface area contributed by atoms with Crippen molar-refractivity contribution in [2.75, 3.05) is 26.3 Å². The number of ether oxygens (including phenoxy) is 2. The van der Waals surface area contributed by atoms with Gasteiger partial charge in [-0.2, -0.15) is 13.2 Å². The smallest absolute Gasteiger partial charge is 0.394 e. The first-order valence-electron chi connectivity index (χ1n) is 7.96. The third kappa shape index (κ3) is 3.78. The number of hydrogen-bond acceptors (Lipinski definition) is 4. The topological polar surface area (TPSA) is 88.1 Å². The van der Waals surface area contributed by atoms with Crippen molar-refractivity contribution in [2.24, 2.45) is 11.8 Å². The Balaban J connectivity index is 1.61. The van der Waals surface area contributed by atoms with Crippen LogP contribution < -0.4 is 14.8 Å². The van der Waals surface area contributed by atoms with Crippen molar-refractivity contribution in [3.63, 3.8) is 0 Å². The molecule has 1 saturated heterocycles. The summed E-state index contributed by atoms with van der Waals surface area (Å²) < 4.78 is 49.7. The number of rotatable bonds is 3. The first-order chi connectivity index (χ1) is 12.3. The molecule has 0 unspecified atom stereocenters. The zero-order valence-electron chi connectivity index (χ0n) is 13.6. The van der Waals surface area contributed by atoms with E-state index in [2.05, 4.69) is 5.32 Å². The van der Waals surface area contributed by atoms with Crippen molar-refractivity contribution in [1.82, 2.24) is 10.2 Å². The lowest BCUT2D eigenvalue weighted by Gasteiger charge is -2.20. The average Bonchev–Trinajstić information content (AvgIpc) is 3.05. The number of likely N-dealkylation sites (tertiary alicyclic amines) is 1. The molecule has 2 aliphatic heterocycles. The number of carbonyl (C=O) groups excluding carboxylic acids is 1. The van der Waals surface area contributed by atoms with Crippen LogP contribution in [0.4, 0.5) is 18.0 Å².